The SMILES string of the molecule is Cc1cc(C(N)=S)cc(N2CCC(C(C)(C)C)C2)n1. The molecule has 1 saturated heterocycles. The Morgan fingerprint density at radius 2 is 2.11 bits per heavy atom. The van der Waals surface area contributed by atoms with E-state index in [1.54, 1.807) is 0 Å². The van der Waals surface area contributed by atoms with Gasteiger partial charge < -0.3 is 10.6 Å². The lowest BCUT2D eigenvalue weighted by molar-refractivity contribution is 0.263. The van der Waals surface area contributed by atoms with E-state index in [1.807, 2.05) is 19.1 Å². The van der Waals surface area contributed by atoms with E-state index in [0.29, 0.717) is 16.3 Å². The summed E-state index contributed by atoms with van der Waals surface area (Å²) in [6.07, 6.45) is 1.22. The van der Waals surface area contributed by atoms with Crippen LogP contribution in [0.25, 0.3) is 0 Å². The van der Waals surface area contributed by atoms with Crippen molar-refractivity contribution in [3.63, 3.8) is 0 Å². The lowest BCUT2D eigenvalue weighted by Crippen LogP contribution is -2.26. The van der Waals surface area contributed by atoms with Crippen LogP contribution in [0.3, 0.4) is 0 Å². The first-order valence-electron chi connectivity index (χ1n) is 6.81. The number of thiocarbonyl (C=S) groups is 1. The topological polar surface area (TPSA) is 42.1 Å². The zero-order valence-corrected chi connectivity index (χ0v) is 13.0. The first-order valence-corrected chi connectivity index (χ1v) is 7.21. The summed E-state index contributed by atoms with van der Waals surface area (Å²) in [4.78, 5) is 7.42. The van der Waals surface area contributed by atoms with Crippen LogP contribution in [0.4, 0.5) is 5.82 Å². The van der Waals surface area contributed by atoms with Gasteiger partial charge in [-0.25, -0.2) is 4.98 Å². The number of anilines is 1. The monoisotopic (exact) mass is 277 g/mol. The fraction of sp³-hybridized carbons (Fsp3) is 0.600. The fourth-order valence-corrected chi connectivity index (χ4v) is 2.75. The predicted molar refractivity (Wildman–Crippen MR) is 84.6 cm³/mol. The molecule has 1 aliphatic rings. The van der Waals surface area contributed by atoms with Gasteiger partial charge >= 0.3 is 0 Å². The van der Waals surface area contributed by atoms with Crippen molar-refractivity contribution in [2.45, 2.75) is 34.1 Å². The minimum Gasteiger partial charge on any atom is -0.389 e. The molecule has 0 bridgehead atoms. The standard InChI is InChI=1S/C15H23N3S/c1-10-7-11(14(16)19)8-13(17-10)18-6-5-12(9-18)15(2,3)4/h7-8,12H,5-6,9H2,1-4H3,(H2,16,19). The van der Waals surface area contributed by atoms with Crippen molar-refractivity contribution in [3.8, 4) is 0 Å². The summed E-state index contributed by atoms with van der Waals surface area (Å²) in [6.45, 7) is 11.1. The van der Waals surface area contributed by atoms with Gasteiger partial charge in [0, 0.05) is 24.3 Å². The third-order valence-corrected chi connectivity index (χ3v) is 4.20. The highest BCUT2D eigenvalue weighted by atomic mass is 32.1. The average Bonchev–Trinajstić information content (AvgIpc) is 2.76. The van der Waals surface area contributed by atoms with E-state index in [-0.39, 0.29) is 0 Å². The molecule has 2 rings (SSSR count). The summed E-state index contributed by atoms with van der Waals surface area (Å²) in [5, 5.41) is 0. The van der Waals surface area contributed by atoms with Crippen molar-refractivity contribution in [1.82, 2.24) is 4.98 Å². The van der Waals surface area contributed by atoms with Crippen LogP contribution in [0.2, 0.25) is 0 Å². The molecule has 1 aromatic rings. The lowest BCUT2D eigenvalue weighted by Gasteiger charge is -2.27. The molecule has 2 heterocycles. The minimum atomic E-state index is 0.352. The molecule has 1 aromatic heterocycles. The van der Waals surface area contributed by atoms with Gasteiger partial charge in [0.1, 0.15) is 10.8 Å². The third kappa shape index (κ3) is 3.24. The van der Waals surface area contributed by atoms with Crippen LogP contribution in [-0.2, 0) is 0 Å². The van der Waals surface area contributed by atoms with Gasteiger partial charge in [-0.3, -0.25) is 0 Å². The molecular formula is C15H23N3S. The van der Waals surface area contributed by atoms with Crippen molar-refractivity contribution >= 4 is 23.0 Å². The van der Waals surface area contributed by atoms with Crippen molar-refractivity contribution in [1.29, 1.82) is 0 Å². The van der Waals surface area contributed by atoms with E-state index in [2.05, 4.69) is 30.7 Å². The van der Waals surface area contributed by atoms with Gasteiger partial charge in [-0.1, -0.05) is 33.0 Å². The van der Waals surface area contributed by atoms with Crippen molar-refractivity contribution in [3.05, 3.63) is 23.4 Å². The second-order valence-corrected chi connectivity index (χ2v) is 6.96. The summed E-state index contributed by atoms with van der Waals surface area (Å²) < 4.78 is 0. The number of hydrogen-bond acceptors (Lipinski definition) is 3. The maximum atomic E-state index is 5.73. The van der Waals surface area contributed by atoms with Crippen LogP contribution >= 0.6 is 12.2 Å². The normalized spacial score (nSPS) is 19.8. The first kappa shape index (κ1) is 14.3. The van der Waals surface area contributed by atoms with Crippen LogP contribution in [-0.4, -0.2) is 23.1 Å². The zero-order valence-electron chi connectivity index (χ0n) is 12.2. The minimum absolute atomic E-state index is 0.352. The molecule has 1 unspecified atom stereocenters. The molecule has 1 fully saturated rings. The largest absolute Gasteiger partial charge is 0.389 e. The molecule has 0 spiro atoms. The molecule has 1 aliphatic heterocycles. The second kappa shape index (κ2) is 5.08. The van der Waals surface area contributed by atoms with E-state index in [0.717, 1.165) is 30.2 Å². The summed E-state index contributed by atoms with van der Waals surface area (Å²) in [6, 6.07) is 3.96. The Kier molecular flexibility index (Phi) is 3.81. The Hall–Kier alpha value is -1.16. The van der Waals surface area contributed by atoms with Gasteiger partial charge in [0.15, 0.2) is 0 Å². The molecule has 1 atom stereocenters. The lowest BCUT2D eigenvalue weighted by atomic mass is 9.80. The molecular weight excluding hydrogens is 254 g/mol. The van der Waals surface area contributed by atoms with Crippen molar-refractivity contribution in [2.75, 3.05) is 18.0 Å². The Labute approximate surface area is 121 Å². The Morgan fingerprint density at radius 1 is 1.42 bits per heavy atom. The third-order valence-electron chi connectivity index (χ3n) is 3.96. The van der Waals surface area contributed by atoms with Crippen LogP contribution in [0.5, 0.6) is 0 Å². The van der Waals surface area contributed by atoms with Crippen molar-refractivity contribution < 1.29 is 0 Å². The van der Waals surface area contributed by atoms with E-state index < -0.39 is 0 Å². The predicted octanol–water partition coefficient (Wildman–Crippen LogP) is 2.90. The number of hydrogen-bond donors (Lipinski definition) is 1. The molecule has 4 heteroatoms. The van der Waals surface area contributed by atoms with E-state index >= 15 is 0 Å². The fourth-order valence-electron chi connectivity index (χ4n) is 2.63. The molecule has 0 aromatic carbocycles. The smallest absolute Gasteiger partial charge is 0.129 e. The van der Waals surface area contributed by atoms with Gasteiger partial charge in [0.05, 0.1) is 0 Å². The van der Waals surface area contributed by atoms with Gasteiger partial charge in [-0.2, -0.15) is 0 Å². The highest BCUT2D eigenvalue weighted by Crippen LogP contribution is 2.35. The summed E-state index contributed by atoms with van der Waals surface area (Å²) in [7, 11) is 0. The van der Waals surface area contributed by atoms with E-state index in [1.165, 1.54) is 6.42 Å². The van der Waals surface area contributed by atoms with Crippen LogP contribution in [0.1, 0.15) is 38.4 Å². The molecule has 0 saturated carbocycles. The maximum absolute atomic E-state index is 5.73. The zero-order chi connectivity index (χ0) is 14.2. The number of aromatic nitrogens is 1. The first-order chi connectivity index (χ1) is 8.77. The number of pyridine rings is 1. The molecule has 19 heavy (non-hydrogen) atoms. The van der Waals surface area contributed by atoms with Gasteiger partial charge in [0.25, 0.3) is 0 Å². The van der Waals surface area contributed by atoms with E-state index in [9.17, 15) is 0 Å². The van der Waals surface area contributed by atoms with E-state index in [4.69, 9.17) is 18.0 Å². The number of rotatable bonds is 2. The Morgan fingerprint density at radius 3 is 2.63 bits per heavy atom. The quantitative estimate of drug-likeness (QED) is 0.844. The molecule has 104 valence electrons. The van der Waals surface area contributed by atoms with Gasteiger partial charge in [-0.05, 0) is 36.8 Å². The number of nitrogens with zero attached hydrogens (tertiary/aromatic N) is 2. The highest BCUT2D eigenvalue weighted by Gasteiger charge is 2.32. The number of aryl methyl sites for hydroxylation is 1. The van der Waals surface area contributed by atoms with Gasteiger partial charge in [-0.15, -0.1) is 0 Å². The van der Waals surface area contributed by atoms with Crippen LogP contribution in [0, 0.1) is 18.3 Å². The Balaban J connectivity index is 2.22. The maximum Gasteiger partial charge on any atom is 0.129 e. The summed E-state index contributed by atoms with van der Waals surface area (Å²) in [5.74, 6) is 1.72. The molecule has 3 nitrogen and oxygen atoms in total. The summed E-state index contributed by atoms with van der Waals surface area (Å²) >= 11 is 5.07. The summed E-state index contributed by atoms with van der Waals surface area (Å²) in [5.41, 5.74) is 7.97. The molecule has 2 N–H and O–H groups in total. The number of nitrogens with two attached hydrogens (primary N) is 1. The Bertz CT molecular complexity index is 491. The van der Waals surface area contributed by atoms with Crippen molar-refractivity contribution in [2.24, 2.45) is 17.1 Å². The second-order valence-electron chi connectivity index (χ2n) is 6.52. The average molecular weight is 277 g/mol. The molecule has 0 radical (unpaired) electrons. The van der Waals surface area contributed by atoms with Crippen LogP contribution < -0.4 is 10.6 Å². The highest BCUT2D eigenvalue weighted by molar-refractivity contribution is 7.80. The molecule has 0 aliphatic carbocycles. The molecule has 0 amide bonds. The van der Waals surface area contributed by atoms with Gasteiger partial charge in [0.2, 0.25) is 0 Å². The van der Waals surface area contributed by atoms with Crippen LogP contribution in [0.15, 0.2) is 12.1 Å².